The lowest BCUT2D eigenvalue weighted by Crippen LogP contribution is -2.26. The summed E-state index contributed by atoms with van der Waals surface area (Å²) < 4.78 is 6.93. The molecule has 0 aliphatic heterocycles. The Kier molecular flexibility index (Phi) is 4.43. The second kappa shape index (κ2) is 6.67. The van der Waals surface area contributed by atoms with Gasteiger partial charge in [0.1, 0.15) is 5.69 Å². The summed E-state index contributed by atoms with van der Waals surface area (Å²) in [6.45, 7) is 2.03. The molecule has 0 radical (unpaired) electrons. The molecule has 24 heavy (non-hydrogen) atoms. The highest BCUT2D eigenvalue weighted by Crippen LogP contribution is 2.25. The molecule has 1 aromatic carbocycles. The average Bonchev–Trinajstić information content (AvgIpc) is 3.23. The lowest BCUT2D eigenvalue weighted by molar-refractivity contribution is -0.119. The van der Waals surface area contributed by atoms with Crippen LogP contribution in [0.2, 0.25) is 0 Å². The molecule has 124 valence electrons. The Bertz CT molecular complexity index is 835. The quantitative estimate of drug-likeness (QED) is 0.750. The van der Waals surface area contributed by atoms with Crippen LogP contribution in [0.1, 0.15) is 6.92 Å². The van der Waals surface area contributed by atoms with E-state index in [1.807, 2.05) is 43.7 Å². The Morgan fingerprint density at radius 1 is 1.29 bits per heavy atom. The zero-order valence-electron chi connectivity index (χ0n) is 13.6. The van der Waals surface area contributed by atoms with Crippen LogP contribution in [-0.2, 0) is 11.8 Å². The third-order valence-corrected chi connectivity index (χ3v) is 3.78. The summed E-state index contributed by atoms with van der Waals surface area (Å²) in [5.74, 6) is -0.156. The number of benzene rings is 1. The van der Waals surface area contributed by atoms with Gasteiger partial charge in [-0.2, -0.15) is 5.10 Å². The van der Waals surface area contributed by atoms with Crippen molar-refractivity contribution in [3.63, 3.8) is 0 Å². The predicted octanol–water partition coefficient (Wildman–Crippen LogP) is 2.28. The molecule has 1 amide bonds. The van der Waals surface area contributed by atoms with Crippen LogP contribution in [0.5, 0.6) is 0 Å². The van der Waals surface area contributed by atoms with E-state index < -0.39 is 0 Å². The first-order valence-corrected chi connectivity index (χ1v) is 7.64. The Morgan fingerprint density at radius 2 is 2.00 bits per heavy atom. The van der Waals surface area contributed by atoms with Crippen LogP contribution in [0.15, 0.2) is 47.2 Å². The summed E-state index contributed by atoms with van der Waals surface area (Å²) in [6, 6.07) is 9.59. The molecule has 3 rings (SSSR count). The summed E-state index contributed by atoms with van der Waals surface area (Å²) >= 11 is 0. The van der Waals surface area contributed by atoms with Crippen LogP contribution in [0, 0.1) is 5.92 Å². The number of carbonyl (C=O) groups excluding carboxylic acids is 1. The highest BCUT2D eigenvalue weighted by Gasteiger charge is 2.14. The molecule has 2 aromatic heterocycles. The van der Waals surface area contributed by atoms with E-state index >= 15 is 0 Å². The maximum atomic E-state index is 11.8. The molecule has 2 heterocycles. The summed E-state index contributed by atoms with van der Waals surface area (Å²) in [5.41, 5.74) is 9.15. The van der Waals surface area contributed by atoms with Crippen molar-refractivity contribution in [2.24, 2.45) is 18.7 Å². The molecule has 7 nitrogen and oxygen atoms in total. The third-order valence-electron chi connectivity index (χ3n) is 3.78. The van der Waals surface area contributed by atoms with E-state index in [-0.39, 0.29) is 18.4 Å². The van der Waals surface area contributed by atoms with Gasteiger partial charge in [-0.3, -0.25) is 14.8 Å². The summed E-state index contributed by atoms with van der Waals surface area (Å²) in [7, 11) is 1.88. The zero-order chi connectivity index (χ0) is 17.1. The summed E-state index contributed by atoms with van der Waals surface area (Å²) in [5, 5.41) is 10.8. The van der Waals surface area contributed by atoms with Gasteiger partial charge >= 0.3 is 0 Å². The van der Waals surface area contributed by atoms with Crippen LogP contribution in [0.25, 0.3) is 22.4 Å². The minimum absolute atomic E-state index is 0.188. The minimum Gasteiger partial charge on any atom is -0.338 e. The third kappa shape index (κ3) is 3.36. The first kappa shape index (κ1) is 15.9. The molecular weight excluding hydrogens is 306 g/mol. The van der Waals surface area contributed by atoms with Crippen LogP contribution >= 0.6 is 0 Å². The number of anilines is 1. The fraction of sp³-hybridized carbons (Fsp3) is 0.235. The predicted molar refractivity (Wildman–Crippen MR) is 91.0 cm³/mol. The molecule has 0 aliphatic rings. The average molecular weight is 325 g/mol. The topological polar surface area (TPSA) is 99.0 Å². The zero-order valence-corrected chi connectivity index (χ0v) is 13.6. The van der Waals surface area contributed by atoms with Crippen LogP contribution < -0.4 is 11.1 Å². The van der Waals surface area contributed by atoms with Crippen molar-refractivity contribution in [2.75, 3.05) is 11.9 Å². The molecule has 0 fully saturated rings. The monoisotopic (exact) mass is 325 g/mol. The van der Waals surface area contributed by atoms with E-state index in [9.17, 15) is 4.79 Å². The van der Waals surface area contributed by atoms with Crippen molar-refractivity contribution < 1.29 is 9.32 Å². The molecule has 1 unspecified atom stereocenters. The number of amides is 1. The number of hydrogen-bond acceptors (Lipinski definition) is 5. The SMILES string of the molecule is CC(CN)C(=O)Nc1cc(-c2ccc(-c3cnn(C)c3)cc2)no1. The lowest BCUT2D eigenvalue weighted by Gasteiger charge is -2.06. The smallest absolute Gasteiger partial charge is 0.231 e. The van der Waals surface area contributed by atoms with Gasteiger partial charge in [0, 0.05) is 42.9 Å². The van der Waals surface area contributed by atoms with E-state index in [0.717, 1.165) is 16.7 Å². The fourth-order valence-electron chi connectivity index (χ4n) is 2.23. The van der Waals surface area contributed by atoms with Gasteiger partial charge in [0.05, 0.1) is 6.20 Å². The number of hydrogen-bond donors (Lipinski definition) is 2. The second-order valence-electron chi connectivity index (χ2n) is 5.68. The van der Waals surface area contributed by atoms with Crippen LogP contribution in [0.4, 0.5) is 5.88 Å². The molecule has 0 saturated carbocycles. The first-order chi connectivity index (χ1) is 11.6. The molecule has 7 heteroatoms. The molecule has 0 spiro atoms. The van der Waals surface area contributed by atoms with Gasteiger partial charge in [0.25, 0.3) is 0 Å². The molecule has 1 atom stereocenters. The van der Waals surface area contributed by atoms with Gasteiger partial charge in [0.15, 0.2) is 0 Å². The van der Waals surface area contributed by atoms with Crippen molar-refractivity contribution in [1.82, 2.24) is 14.9 Å². The number of carbonyl (C=O) groups is 1. The van der Waals surface area contributed by atoms with E-state index in [4.69, 9.17) is 10.3 Å². The standard InChI is InChI=1S/C17H19N5O2/c1-11(8-18)17(23)20-16-7-15(21-24-16)13-5-3-12(4-6-13)14-9-19-22(2)10-14/h3-7,9-11H,8,18H2,1-2H3,(H,20,23). The minimum atomic E-state index is -0.280. The number of nitrogens with one attached hydrogen (secondary N) is 1. The van der Waals surface area contributed by atoms with E-state index in [0.29, 0.717) is 11.6 Å². The molecule has 0 aliphatic carbocycles. The number of rotatable bonds is 5. The van der Waals surface area contributed by atoms with Gasteiger partial charge in [0.2, 0.25) is 11.8 Å². The van der Waals surface area contributed by atoms with Crippen LogP contribution in [-0.4, -0.2) is 27.4 Å². The lowest BCUT2D eigenvalue weighted by atomic mass is 10.1. The van der Waals surface area contributed by atoms with Crippen LogP contribution in [0.3, 0.4) is 0 Å². The Morgan fingerprint density at radius 3 is 2.62 bits per heavy atom. The maximum Gasteiger partial charge on any atom is 0.231 e. The van der Waals surface area contributed by atoms with Crippen molar-refractivity contribution in [3.8, 4) is 22.4 Å². The van der Waals surface area contributed by atoms with Crippen molar-refractivity contribution >= 4 is 11.8 Å². The maximum absolute atomic E-state index is 11.8. The number of nitrogens with two attached hydrogens (primary N) is 1. The Hall–Kier alpha value is -2.93. The highest BCUT2D eigenvalue weighted by atomic mass is 16.5. The van der Waals surface area contributed by atoms with Crippen molar-refractivity contribution in [3.05, 3.63) is 42.7 Å². The molecule has 0 bridgehead atoms. The molecule has 3 N–H and O–H groups in total. The van der Waals surface area contributed by atoms with Gasteiger partial charge in [-0.15, -0.1) is 0 Å². The normalized spacial score (nSPS) is 12.1. The molecule has 3 aromatic rings. The van der Waals surface area contributed by atoms with Gasteiger partial charge in [-0.1, -0.05) is 36.3 Å². The van der Waals surface area contributed by atoms with Gasteiger partial charge < -0.3 is 10.3 Å². The molecular formula is C17H19N5O2. The van der Waals surface area contributed by atoms with Crippen molar-refractivity contribution in [1.29, 1.82) is 0 Å². The first-order valence-electron chi connectivity index (χ1n) is 7.64. The largest absolute Gasteiger partial charge is 0.338 e. The second-order valence-corrected chi connectivity index (χ2v) is 5.68. The molecule has 0 saturated heterocycles. The van der Waals surface area contributed by atoms with Gasteiger partial charge in [-0.05, 0) is 5.56 Å². The Balaban J connectivity index is 1.74. The van der Waals surface area contributed by atoms with Gasteiger partial charge in [-0.25, -0.2) is 0 Å². The van der Waals surface area contributed by atoms with E-state index in [1.54, 1.807) is 17.7 Å². The summed E-state index contributed by atoms with van der Waals surface area (Å²) in [6.07, 6.45) is 3.77. The van der Waals surface area contributed by atoms with E-state index in [1.165, 1.54) is 0 Å². The number of aromatic nitrogens is 3. The number of nitrogens with zero attached hydrogens (tertiary/aromatic N) is 3. The number of aryl methyl sites for hydroxylation is 1. The Labute approximate surface area is 139 Å². The van der Waals surface area contributed by atoms with Crippen molar-refractivity contribution in [2.45, 2.75) is 6.92 Å². The highest BCUT2D eigenvalue weighted by molar-refractivity contribution is 5.91. The fourth-order valence-corrected chi connectivity index (χ4v) is 2.23. The van der Waals surface area contributed by atoms with E-state index in [2.05, 4.69) is 15.6 Å². The summed E-state index contributed by atoms with van der Waals surface area (Å²) in [4.78, 5) is 11.8.